The predicted octanol–water partition coefficient (Wildman–Crippen LogP) is 1.95. The Morgan fingerprint density at radius 1 is 1.50 bits per heavy atom. The van der Waals surface area contributed by atoms with Crippen LogP contribution in [0.2, 0.25) is 0 Å². The van der Waals surface area contributed by atoms with Crippen molar-refractivity contribution in [1.29, 1.82) is 0 Å². The lowest BCUT2D eigenvalue weighted by Gasteiger charge is -2.08. The van der Waals surface area contributed by atoms with Gasteiger partial charge < -0.3 is 14.8 Å². The fraction of sp³-hybridized carbons (Fsp3) is 0.0769. The smallest absolute Gasteiger partial charge is 0.350 e. The molecule has 0 saturated heterocycles. The van der Waals surface area contributed by atoms with Gasteiger partial charge in [0.15, 0.2) is 0 Å². The summed E-state index contributed by atoms with van der Waals surface area (Å²) < 4.78 is 5.11. The van der Waals surface area contributed by atoms with Crippen LogP contribution < -0.4 is 10.9 Å². The average molecular weight is 261 g/mol. The zero-order chi connectivity index (χ0) is 13.1. The van der Waals surface area contributed by atoms with Gasteiger partial charge in [0.2, 0.25) is 0 Å². The van der Waals surface area contributed by atoms with Gasteiger partial charge in [-0.25, -0.2) is 4.79 Å². The molecule has 18 heavy (non-hydrogen) atoms. The van der Waals surface area contributed by atoms with E-state index in [-0.39, 0.29) is 16.3 Å². The van der Waals surface area contributed by atoms with Crippen LogP contribution in [0.4, 0.5) is 0 Å². The van der Waals surface area contributed by atoms with Gasteiger partial charge in [-0.2, -0.15) is 0 Å². The summed E-state index contributed by atoms with van der Waals surface area (Å²) in [4.78, 5) is 11.9. The molecule has 92 valence electrons. The minimum atomic E-state index is -0.659. The molecular formula is C13H11NO3S. The van der Waals surface area contributed by atoms with Gasteiger partial charge in [-0.15, -0.1) is 6.58 Å². The Kier molecular flexibility index (Phi) is 3.43. The molecule has 0 saturated carbocycles. The summed E-state index contributed by atoms with van der Waals surface area (Å²) >= 11 is 5.05. The first-order chi connectivity index (χ1) is 8.65. The van der Waals surface area contributed by atoms with E-state index in [1.54, 1.807) is 30.3 Å². The van der Waals surface area contributed by atoms with Crippen LogP contribution in [-0.4, -0.2) is 16.6 Å². The van der Waals surface area contributed by atoms with Crippen molar-refractivity contribution in [3.8, 4) is 5.75 Å². The van der Waals surface area contributed by atoms with E-state index in [2.05, 4.69) is 11.9 Å². The Bertz CT molecular complexity index is 675. The fourth-order valence-corrected chi connectivity index (χ4v) is 1.85. The molecule has 0 atom stereocenters. The number of rotatable bonds is 3. The molecule has 0 fully saturated rings. The van der Waals surface area contributed by atoms with Crippen LogP contribution in [0.5, 0.6) is 5.75 Å². The molecule has 0 amide bonds. The summed E-state index contributed by atoms with van der Waals surface area (Å²) in [7, 11) is 0. The van der Waals surface area contributed by atoms with Crippen molar-refractivity contribution < 1.29 is 9.52 Å². The largest absolute Gasteiger partial charge is 0.506 e. The Labute approximate surface area is 109 Å². The van der Waals surface area contributed by atoms with Crippen LogP contribution >= 0.6 is 12.2 Å². The second-order valence-corrected chi connectivity index (χ2v) is 4.02. The van der Waals surface area contributed by atoms with Crippen LogP contribution in [0.25, 0.3) is 11.0 Å². The van der Waals surface area contributed by atoms with Crippen molar-refractivity contribution in [2.75, 3.05) is 6.54 Å². The summed E-state index contributed by atoms with van der Waals surface area (Å²) in [6.45, 7) is 3.94. The number of aromatic hydroxyl groups is 1. The van der Waals surface area contributed by atoms with Crippen LogP contribution in [0.3, 0.4) is 0 Å². The number of hydrogen-bond acceptors (Lipinski definition) is 4. The first-order valence-corrected chi connectivity index (χ1v) is 5.70. The first kappa shape index (κ1) is 12.3. The highest BCUT2D eigenvalue weighted by atomic mass is 32.1. The Balaban J connectivity index is 2.60. The summed E-state index contributed by atoms with van der Waals surface area (Å²) in [5.41, 5.74) is -0.353. The molecule has 4 nitrogen and oxygen atoms in total. The van der Waals surface area contributed by atoms with Gasteiger partial charge in [-0.05, 0) is 12.1 Å². The molecular weight excluding hydrogens is 250 g/mol. The van der Waals surface area contributed by atoms with Gasteiger partial charge in [-0.3, -0.25) is 0 Å². The number of fused-ring (bicyclic) bond motifs is 1. The molecule has 1 heterocycles. The molecule has 0 radical (unpaired) electrons. The Morgan fingerprint density at radius 2 is 2.22 bits per heavy atom. The van der Waals surface area contributed by atoms with Gasteiger partial charge in [0.25, 0.3) is 0 Å². The molecule has 0 aliphatic carbocycles. The number of hydrogen-bond donors (Lipinski definition) is 2. The van der Waals surface area contributed by atoms with E-state index in [0.717, 1.165) is 0 Å². The number of nitrogens with one attached hydrogen (secondary N) is 1. The van der Waals surface area contributed by atoms with E-state index in [1.165, 1.54) is 0 Å². The van der Waals surface area contributed by atoms with Gasteiger partial charge >= 0.3 is 5.63 Å². The zero-order valence-corrected chi connectivity index (χ0v) is 10.3. The van der Waals surface area contributed by atoms with E-state index in [0.29, 0.717) is 17.5 Å². The maximum atomic E-state index is 11.8. The maximum Gasteiger partial charge on any atom is 0.350 e. The van der Waals surface area contributed by atoms with Gasteiger partial charge in [0, 0.05) is 6.54 Å². The van der Waals surface area contributed by atoms with Crippen molar-refractivity contribution in [3.05, 3.63) is 52.9 Å². The van der Waals surface area contributed by atoms with Crippen molar-refractivity contribution in [2.45, 2.75) is 0 Å². The van der Waals surface area contributed by atoms with Gasteiger partial charge in [0.05, 0.1) is 5.39 Å². The molecule has 1 aromatic carbocycles. The van der Waals surface area contributed by atoms with E-state index in [1.807, 2.05) is 0 Å². The van der Waals surface area contributed by atoms with Crippen molar-refractivity contribution >= 4 is 28.2 Å². The molecule has 0 bridgehead atoms. The number of thiocarbonyl (C=S) groups is 1. The van der Waals surface area contributed by atoms with Crippen LogP contribution in [0.1, 0.15) is 5.56 Å². The van der Waals surface area contributed by atoms with Gasteiger partial charge in [-0.1, -0.05) is 30.4 Å². The summed E-state index contributed by atoms with van der Waals surface area (Å²) in [6.07, 6.45) is 1.60. The van der Waals surface area contributed by atoms with Crippen LogP contribution in [0.15, 0.2) is 46.1 Å². The lowest BCUT2D eigenvalue weighted by atomic mass is 10.1. The molecule has 2 rings (SSSR count). The number of para-hydroxylation sites is 1. The van der Waals surface area contributed by atoms with Crippen LogP contribution in [-0.2, 0) is 0 Å². The van der Waals surface area contributed by atoms with Gasteiger partial charge in [0.1, 0.15) is 21.9 Å². The third-order valence-electron chi connectivity index (χ3n) is 2.42. The SMILES string of the molecule is C=CCNC(=S)c1c(O)c2ccccc2oc1=O. The summed E-state index contributed by atoms with van der Waals surface area (Å²) in [6, 6.07) is 6.73. The second-order valence-electron chi connectivity index (χ2n) is 3.61. The van der Waals surface area contributed by atoms with E-state index >= 15 is 0 Å². The highest BCUT2D eigenvalue weighted by molar-refractivity contribution is 7.80. The highest BCUT2D eigenvalue weighted by Crippen LogP contribution is 2.25. The van der Waals surface area contributed by atoms with E-state index in [9.17, 15) is 9.90 Å². The molecule has 0 aliphatic rings. The summed E-state index contributed by atoms with van der Waals surface area (Å²) in [5.74, 6) is -0.164. The standard InChI is InChI=1S/C13H11NO3S/c1-2-7-14-12(18)10-11(15)8-5-3-4-6-9(8)17-13(10)16/h2-6,15H,1,7H2,(H,14,18). The monoisotopic (exact) mass is 261 g/mol. The summed E-state index contributed by atoms with van der Waals surface area (Å²) in [5, 5.41) is 13.3. The lowest BCUT2D eigenvalue weighted by Crippen LogP contribution is -2.27. The fourth-order valence-electron chi connectivity index (χ4n) is 1.59. The van der Waals surface area contributed by atoms with E-state index < -0.39 is 5.63 Å². The number of benzene rings is 1. The second kappa shape index (κ2) is 5.01. The molecule has 0 aliphatic heterocycles. The average Bonchev–Trinajstić information content (AvgIpc) is 2.36. The molecule has 1 aromatic heterocycles. The third kappa shape index (κ3) is 2.12. The van der Waals surface area contributed by atoms with Crippen molar-refractivity contribution in [1.82, 2.24) is 5.32 Å². The minimum Gasteiger partial charge on any atom is -0.506 e. The molecule has 5 heteroatoms. The molecule has 2 aromatic rings. The third-order valence-corrected chi connectivity index (χ3v) is 2.77. The normalized spacial score (nSPS) is 10.2. The topological polar surface area (TPSA) is 62.5 Å². The lowest BCUT2D eigenvalue weighted by molar-refractivity contribution is 0.466. The zero-order valence-electron chi connectivity index (χ0n) is 9.47. The quantitative estimate of drug-likeness (QED) is 0.502. The Hall–Kier alpha value is -2.14. The van der Waals surface area contributed by atoms with Crippen LogP contribution in [0, 0.1) is 0 Å². The Morgan fingerprint density at radius 3 is 2.94 bits per heavy atom. The first-order valence-electron chi connectivity index (χ1n) is 5.29. The van der Waals surface area contributed by atoms with Crippen molar-refractivity contribution in [2.24, 2.45) is 0 Å². The minimum absolute atomic E-state index is 0.0226. The predicted molar refractivity (Wildman–Crippen MR) is 74.0 cm³/mol. The van der Waals surface area contributed by atoms with E-state index in [4.69, 9.17) is 16.6 Å². The highest BCUT2D eigenvalue weighted by Gasteiger charge is 2.17. The maximum absolute atomic E-state index is 11.8. The molecule has 0 unspecified atom stereocenters. The van der Waals surface area contributed by atoms with Crippen molar-refractivity contribution in [3.63, 3.8) is 0 Å². The molecule has 0 spiro atoms. The molecule has 2 N–H and O–H groups in total.